The summed E-state index contributed by atoms with van der Waals surface area (Å²) in [5, 5.41) is 0.292. The fourth-order valence-electron chi connectivity index (χ4n) is 2.58. The molecule has 0 bridgehead atoms. The summed E-state index contributed by atoms with van der Waals surface area (Å²) < 4.78 is 12.2. The van der Waals surface area contributed by atoms with Crippen LogP contribution in [0.2, 0.25) is 5.02 Å². The molecule has 5 nitrogen and oxygen atoms in total. The normalized spacial score (nSPS) is 15.0. The molecule has 0 unspecified atom stereocenters. The fourth-order valence-corrected chi connectivity index (χ4v) is 4.32. The number of rotatable bonds is 6. The number of imide groups is 1. The van der Waals surface area contributed by atoms with Gasteiger partial charge in [-0.1, -0.05) is 29.7 Å². The van der Waals surface area contributed by atoms with Gasteiger partial charge in [0.05, 0.1) is 22.1 Å². The van der Waals surface area contributed by atoms with Crippen LogP contribution in [0.4, 0.5) is 4.79 Å². The molecular formula is C21H15ClINO4S. The number of benzene rings is 2. The third-order valence-electron chi connectivity index (χ3n) is 3.97. The van der Waals surface area contributed by atoms with Crippen molar-refractivity contribution in [1.29, 1.82) is 0 Å². The smallest absolute Gasteiger partial charge is 0.294 e. The zero-order chi connectivity index (χ0) is 21.0. The van der Waals surface area contributed by atoms with Gasteiger partial charge >= 0.3 is 0 Å². The van der Waals surface area contributed by atoms with Gasteiger partial charge in [-0.05, 0) is 75.8 Å². The first-order valence-corrected chi connectivity index (χ1v) is 10.6. The molecule has 1 heterocycles. The van der Waals surface area contributed by atoms with Gasteiger partial charge in [0.15, 0.2) is 11.5 Å². The van der Waals surface area contributed by atoms with Crippen LogP contribution in [0.5, 0.6) is 11.5 Å². The van der Waals surface area contributed by atoms with E-state index in [2.05, 4.69) is 28.5 Å². The number of ether oxygens (including phenoxy) is 2. The highest BCUT2D eigenvalue weighted by molar-refractivity contribution is 14.1. The lowest BCUT2D eigenvalue weighted by atomic mass is 10.1. The van der Waals surface area contributed by atoms with Gasteiger partial charge in [-0.2, -0.15) is 0 Å². The fraction of sp³-hybridized carbons (Fsp3) is 0.143. The van der Waals surface area contributed by atoms with Crippen molar-refractivity contribution in [2.24, 2.45) is 0 Å². The summed E-state index contributed by atoms with van der Waals surface area (Å²) in [5.41, 5.74) is 1.69. The lowest BCUT2D eigenvalue weighted by Gasteiger charge is -2.14. The topological polar surface area (TPSA) is 55.8 Å². The molecule has 0 N–H and O–H groups in total. The minimum absolute atomic E-state index is 0.0413. The molecule has 3 rings (SSSR count). The zero-order valence-corrected chi connectivity index (χ0v) is 19.0. The molecule has 2 aromatic carbocycles. The van der Waals surface area contributed by atoms with Gasteiger partial charge in [0.1, 0.15) is 6.61 Å². The van der Waals surface area contributed by atoms with Gasteiger partial charge in [-0.3, -0.25) is 14.5 Å². The van der Waals surface area contributed by atoms with E-state index in [1.807, 2.05) is 18.2 Å². The van der Waals surface area contributed by atoms with E-state index >= 15 is 0 Å². The van der Waals surface area contributed by atoms with Gasteiger partial charge < -0.3 is 9.47 Å². The van der Waals surface area contributed by atoms with Gasteiger partial charge in [0.2, 0.25) is 0 Å². The predicted octanol–water partition coefficient (Wildman–Crippen LogP) is 5.20. The summed E-state index contributed by atoms with van der Waals surface area (Å²) in [7, 11) is 1.55. The molecule has 0 saturated carbocycles. The van der Waals surface area contributed by atoms with Crippen molar-refractivity contribution in [3.63, 3.8) is 0 Å². The first-order chi connectivity index (χ1) is 13.9. The van der Waals surface area contributed by atoms with Crippen LogP contribution in [0.15, 0.2) is 41.3 Å². The van der Waals surface area contributed by atoms with E-state index < -0.39 is 5.91 Å². The second-order valence-corrected chi connectivity index (χ2v) is 8.51. The van der Waals surface area contributed by atoms with Crippen molar-refractivity contribution in [3.05, 3.63) is 61.0 Å². The van der Waals surface area contributed by atoms with Crippen LogP contribution in [-0.2, 0) is 11.4 Å². The van der Waals surface area contributed by atoms with E-state index in [9.17, 15) is 9.59 Å². The van der Waals surface area contributed by atoms with Crippen LogP contribution in [0.25, 0.3) is 6.08 Å². The average molecular weight is 540 g/mol. The Bertz CT molecular complexity index is 1030. The predicted molar refractivity (Wildman–Crippen MR) is 123 cm³/mol. The van der Waals surface area contributed by atoms with Crippen molar-refractivity contribution < 1.29 is 19.1 Å². The Morgan fingerprint density at radius 2 is 2.00 bits per heavy atom. The summed E-state index contributed by atoms with van der Waals surface area (Å²) >= 11 is 8.92. The van der Waals surface area contributed by atoms with Gasteiger partial charge in [0, 0.05) is 5.02 Å². The number of nitrogens with zero attached hydrogens (tertiary/aromatic N) is 1. The third kappa shape index (κ3) is 5.07. The van der Waals surface area contributed by atoms with Crippen LogP contribution in [-0.4, -0.2) is 29.7 Å². The molecule has 2 amide bonds. The highest BCUT2D eigenvalue weighted by atomic mass is 127. The standard InChI is InChI=1S/C21H15ClINO4S/c1-3-8-24-20(25)18(29-21(24)26)11-14-9-16(23)19(17(10-14)27-2)28-12-13-4-6-15(22)7-5-13/h1,4-7,9-11H,8,12H2,2H3/b18-11-. The summed E-state index contributed by atoms with van der Waals surface area (Å²) in [6.07, 6.45) is 6.87. The number of thioether (sulfide) groups is 1. The van der Waals surface area contributed by atoms with Crippen LogP contribution in [0.1, 0.15) is 11.1 Å². The monoisotopic (exact) mass is 539 g/mol. The van der Waals surface area contributed by atoms with Crippen LogP contribution < -0.4 is 9.47 Å². The van der Waals surface area contributed by atoms with Crippen molar-refractivity contribution in [2.75, 3.05) is 13.7 Å². The van der Waals surface area contributed by atoms with Crippen molar-refractivity contribution >= 4 is 63.2 Å². The maximum Gasteiger partial charge on any atom is 0.294 e. The molecule has 1 saturated heterocycles. The first kappa shape index (κ1) is 21.6. The minimum atomic E-state index is -0.394. The van der Waals surface area contributed by atoms with E-state index in [1.165, 1.54) is 0 Å². The van der Waals surface area contributed by atoms with Crippen LogP contribution in [0, 0.1) is 15.9 Å². The summed E-state index contributed by atoms with van der Waals surface area (Å²) in [6, 6.07) is 11.0. The van der Waals surface area contributed by atoms with Crippen molar-refractivity contribution in [2.45, 2.75) is 6.61 Å². The summed E-state index contributed by atoms with van der Waals surface area (Å²) in [5.74, 6) is 3.05. The summed E-state index contributed by atoms with van der Waals surface area (Å²) in [6.45, 7) is 0.314. The van der Waals surface area contributed by atoms with Gasteiger partial charge in [0.25, 0.3) is 11.1 Å². The number of hydrogen-bond donors (Lipinski definition) is 0. The van der Waals surface area contributed by atoms with E-state index in [0.29, 0.717) is 28.0 Å². The maximum atomic E-state index is 12.4. The molecule has 1 fully saturated rings. The molecule has 8 heteroatoms. The average Bonchev–Trinajstić information content (AvgIpc) is 2.96. The Hall–Kier alpha value is -2.15. The number of carbonyl (C=O) groups is 2. The zero-order valence-electron chi connectivity index (χ0n) is 15.3. The quantitative estimate of drug-likeness (QED) is 0.287. The Balaban J connectivity index is 1.83. The highest BCUT2D eigenvalue weighted by Crippen LogP contribution is 2.37. The molecule has 148 valence electrons. The molecule has 1 aliphatic rings. The molecular weight excluding hydrogens is 525 g/mol. The Labute approximate surface area is 191 Å². The van der Waals surface area contributed by atoms with Crippen LogP contribution in [0.3, 0.4) is 0 Å². The SMILES string of the molecule is C#CCN1C(=O)S/C(=C\c2cc(I)c(OCc3ccc(Cl)cc3)c(OC)c2)C1=O. The van der Waals surface area contributed by atoms with E-state index in [-0.39, 0.29) is 11.8 Å². The molecule has 0 spiro atoms. The number of amides is 2. The van der Waals surface area contributed by atoms with Crippen molar-refractivity contribution in [1.82, 2.24) is 4.90 Å². The second-order valence-electron chi connectivity index (χ2n) is 5.92. The molecule has 0 atom stereocenters. The van der Waals surface area contributed by atoms with Crippen molar-refractivity contribution in [3.8, 4) is 23.8 Å². The summed E-state index contributed by atoms with van der Waals surface area (Å²) in [4.78, 5) is 25.7. The number of carbonyl (C=O) groups excluding carboxylic acids is 2. The van der Waals surface area contributed by atoms with Gasteiger partial charge in [-0.15, -0.1) is 6.42 Å². The lowest BCUT2D eigenvalue weighted by molar-refractivity contribution is -0.122. The van der Waals surface area contributed by atoms with E-state index in [1.54, 1.807) is 31.4 Å². The molecule has 0 radical (unpaired) electrons. The largest absolute Gasteiger partial charge is 0.493 e. The Morgan fingerprint density at radius 1 is 1.28 bits per heavy atom. The minimum Gasteiger partial charge on any atom is -0.493 e. The van der Waals surface area contributed by atoms with E-state index in [0.717, 1.165) is 31.4 Å². The third-order valence-corrected chi connectivity index (χ3v) is 5.93. The van der Waals surface area contributed by atoms with E-state index in [4.69, 9.17) is 27.5 Å². The molecule has 0 aromatic heterocycles. The Morgan fingerprint density at radius 3 is 2.66 bits per heavy atom. The van der Waals surface area contributed by atoms with Gasteiger partial charge in [-0.25, -0.2) is 0 Å². The number of hydrogen-bond acceptors (Lipinski definition) is 5. The highest BCUT2D eigenvalue weighted by Gasteiger charge is 2.34. The lowest BCUT2D eigenvalue weighted by Crippen LogP contribution is -2.28. The first-order valence-electron chi connectivity index (χ1n) is 8.36. The number of methoxy groups -OCH3 is 1. The maximum absolute atomic E-state index is 12.4. The molecule has 1 aliphatic heterocycles. The number of terminal acetylenes is 1. The molecule has 29 heavy (non-hydrogen) atoms. The van der Waals surface area contributed by atoms with Crippen LogP contribution >= 0.6 is 46.0 Å². The molecule has 2 aromatic rings. The second kappa shape index (κ2) is 9.57. The Kier molecular flexibility index (Phi) is 7.11. The number of halogens is 2. The molecule has 0 aliphatic carbocycles.